The SMILES string of the molecule is COc1cc(NC(=O)COc2ccc(S(=O)(=O)Nc3ccc(Br)cc3)cc2)c(OC)cc1Cl. The fourth-order valence-electron chi connectivity index (χ4n) is 2.74. The highest BCUT2D eigenvalue weighted by Crippen LogP contribution is 2.35. The lowest BCUT2D eigenvalue weighted by molar-refractivity contribution is -0.118. The van der Waals surface area contributed by atoms with Gasteiger partial charge in [0.15, 0.2) is 6.61 Å². The van der Waals surface area contributed by atoms with E-state index in [2.05, 4.69) is 26.0 Å². The zero-order chi connectivity index (χ0) is 24.0. The van der Waals surface area contributed by atoms with Crippen LogP contribution in [0.1, 0.15) is 0 Å². The van der Waals surface area contributed by atoms with Crippen molar-refractivity contribution in [3.63, 3.8) is 0 Å². The van der Waals surface area contributed by atoms with Crippen LogP contribution in [0.2, 0.25) is 5.02 Å². The van der Waals surface area contributed by atoms with E-state index >= 15 is 0 Å². The first kappa shape index (κ1) is 24.7. The third-order valence-electron chi connectivity index (χ3n) is 4.35. The third kappa shape index (κ3) is 6.53. The van der Waals surface area contributed by atoms with E-state index in [0.29, 0.717) is 33.6 Å². The van der Waals surface area contributed by atoms with Gasteiger partial charge in [-0.3, -0.25) is 9.52 Å². The summed E-state index contributed by atoms with van der Waals surface area (Å²) in [5.41, 5.74) is 0.803. The van der Waals surface area contributed by atoms with Crippen LogP contribution in [0, 0.1) is 0 Å². The molecule has 0 aromatic heterocycles. The average Bonchev–Trinajstić information content (AvgIpc) is 2.80. The van der Waals surface area contributed by atoms with Crippen molar-refractivity contribution < 1.29 is 27.4 Å². The monoisotopic (exact) mass is 554 g/mol. The molecule has 3 rings (SSSR count). The standard InChI is InChI=1S/C22H20BrClN2O6S/c1-30-20-12-19(21(31-2)11-18(20)24)25-22(27)13-32-16-7-9-17(10-8-16)33(28,29)26-15-5-3-14(23)4-6-15/h3-12,26H,13H2,1-2H3,(H,25,27). The van der Waals surface area contributed by atoms with Gasteiger partial charge in [-0.15, -0.1) is 0 Å². The van der Waals surface area contributed by atoms with E-state index in [0.717, 1.165) is 4.47 Å². The largest absolute Gasteiger partial charge is 0.495 e. The van der Waals surface area contributed by atoms with Crippen molar-refractivity contribution >= 4 is 54.8 Å². The number of hydrogen-bond donors (Lipinski definition) is 2. The summed E-state index contributed by atoms with van der Waals surface area (Å²) < 4.78 is 44.3. The van der Waals surface area contributed by atoms with Crippen molar-refractivity contribution in [2.45, 2.75) is 4.90 Å². The van der Waals surface area contributed by atoms with Crippen molar-refractivity contribution in [1.82, 2.24) is 0 Å². The Kier molecular flexibility index (Phi) is 8.06. The third-order valence-corrected chi connectivity index (χ3v) is 6.57. The van der Waals surface area contributed by atoms with Gasteiger partial charge in [-0.25, -0.2) is 8.42 Å². The van der Waals surface area contributed by atoms with Gasteiger partial charge in [-0.2, -0.15) is 0 Å². The number of rotatable bonds is 9. The van der Waals surface area contributed by atoms with Crippen molar-refractivity contribution in [2.75, 3.05) is 30.9 Å². The Hall–Kier alpha value is -2.95. The smallest absolute Gasteiger partial charge is 0.262 e. The van der Waals surface area contributed by atoms with Gasteiger partial charge in [0.2, 0.25) is 0 Å². The van der Waals surface area contributed by atoms with Crippen LogP contribution in [0.4, 0.5) is 11.4 Å². The molecule has 0 aliphatic carbocycles. The summed E-state index contributed by atoms with van der Waals surface area (Å²) >= 11 is 9.36. The zero-order valence-electron chi connectivity index (χ0n) is 17.6. The molecule has 33 heavy (non-hydrogen) atoms. The summed E-state index contributed by atoms with van der Waals surface area (Å²) in [5.74, 6) is 0.615. The lowest BCUT2D eigenvalue weighted by atomic mass is 10.2. The van der Waals surface area contributed by atoms with Crippen LogP contribution in [0.15, 0.2) is 70.0 Å². The Balaban J connectivity index is 1.61. The fourth-order valence-corrected chi connectivity index (χ4v) is 4.29. The van der Waals surface area contributed by atoms with Crippen LogP contribution in [0.25, 0.3) is 0 Å². The minimum absolute atomic E-state index is 0.0558. The number of hydrogen-bond acceptors (Lipinski definition) is 6. The van der Waals surface area contributed by atoms with Crippen LogP contribution < -0.4 is 24.2 Å². The molecule has 0 spiro atoms. The summed E-state index contributed by atoms with van der Waals surface area (Å²) in [6.45, 7) is -0.308. The Bertz CT molecular complexity index is 1230. The minimum atomic E-state index is -3.77. The van der Waals surface area contributed by atoms with E-state index in [9.17, 15) is 13.2 Å². The highest BCUT2D eigenvalue weighted by atomic mass is 79.9. The van der Waals surface area contributed by atoms with E-state index in [1.54, 1.807) is 24.3 Å². The minimum Gasteiger partial charge on any atom is -0.495 e. The number of nitrogens with one attached hydrogen (secondary N) is 2. The molecule has 0 saturated carbocycles. The van der Waals surface area contributed by atoms with Gasteiger partial charge in [0.25, 0.3) is 15.9 Å². The Morgan fingerprint density at radius 1 is 0.970 bits per heavy atom. The molecule has 0 radical (unpaired) electrons. The molecule has 0 bridgehead atoms. The van der Waals surface area contributed by atoms with Crippen molar-refractivity contribution in [3.8, 4) is 17.2 Å². The number of carbonyl (C=O) groups is 1. The molecule has 11 heteroatoms. The lowest BCUT2D eigenvalue weighted by Crippen LogP contribution is -2.20. The van der Waals surface area contributed by atoms with E-state index in [1.807, 2.05) is 0 Å². The number of anilines is 2. The second-order valence-electron chi connectivity index (χ2n) is 6.61. The van der Waals surface area contributed by atoms with E-state index in [-0.39, 0.29) is 11.5 Å². The summed E-state index contributed by atoms with van der Waals surface area (Å²) in [6, 6.07) is 15.5. The van der Waals surface area contributed by atoms with Gasteiger partial charge in [0.05, 0.1) is 29.8 Å². The van der Waals surface area contributed by atoms with E-state index in [1.165, 1.54) is 50.6 Å². The average molecular weight is 556 g/mol. The topological polar surface area (TPSA) is 103 Å². The lowest BCUT2D eigenvalue weighted by Gasteiger charge is -2.13. The fraction of sp³-hybridized carbons (Fsp3) is 0.136. The molecule has 2 N–H and O–H groups in total. The molecule has 0 atom stereocenters. The Labute approximate surface area is 205 Å². The summed E-state index contributed by atoms with van der Waals surface area (Å²) in [6.07, 6.45) is 0. The molecule has 3 aromatic carbocycles. The zero-order valence-corrected chi connectivity index (χ0v) is 20.8. The summed E-state index contributed by atoms with van der Waals surface area (Å²) in [5, 5.41) is 3.00. The van der Waals surface area contributed by atoms with E-state index < -0.39 is 15.9 Å². The Morgan fingerprint density at radius 3 is 2.21 bits per heavy atom. The van der Waals surface area contributed by atoms with Gasteiger partial charge in [-0.05, 0) is 48.5 Å². The van der Waals surface area contributed by atoms with Gasteiger partial charge < -0.3 is 19.5 Å². The number of sulfonamides is 1. The van der Waals surface area contributed by atoms with Crippen LogP contribution in [-0.2, 0) is 14.8 Å². The number of halogens is 2. The first-order chi connectivity index (χ1) is 15.7. The number of amides is 1. The number of ether oxygens (including phenoxy) is 3. The molecule has 0 heterocycles. The van der Waals surface area contributed by atoms with Gasteiger partial charge in [-0.1, -0.05) is 27.5 Å². The molecule has 3 aromatic rings. The molecule has 0 aliphatic heterocycles. The normalized spacial score (nSPS) is 10.9. The molecular weight excluding hydrogens is 536 g/mol. The maximum Gasteiger partial charge on any atom is 0.262 e. The quantitative estimate of drug-likeness (QED) is 0.388. The van der Waals surface area contributed by atoms with Crippen LogP contribution in [0.3, 0.4) is 0 Å². The molecular formula is C22H20BrClN2O6S. The highest BCUT2D eigenvalue weighted by Gasteiger charge is 2.15. The van der Waals surface area contributed by atoms with Crippen molar-refractivity contribution in [3.05, 3.63) is 70.2 Å². The molecule has 0 unspecified atom stereocenters. The summed E-state index contributed by atoms with van der Waals surface area (Å²) in [4.78, 5) is 12.4. The number of benzene rings is 3. The molecule has 0 aliphatic rings. The predicted octanol–water partition coefficient (Wildman–Crippen LogP) is 4.94. The maximum absolute atomic E-state index is 12.5. The van der Waals surface area contributed by atoms with Crippen LogP contribution in [-0.4, -0.2) is 35.2 Å². The molecule has 1 amide bonds. The van der Waals surface area contributed by atoms with Gasteiger partial charge >= 0.3 is 0 Å². The highest BCUT2D eigenvalue weighted by molar-refractivity contribution is 9.10. The first-order valence-corrected chi connectivity index (χ1v) is 12.1. The second kappa shape index (κ2) is 10.8. The second-order valence-corrected chi connectivity index (χ2v) is 9.61. The van der Waals surface area contributed by atoms with Gasteiger partial charge in [0.1, 0.15) is 17.2 Å². The summed E-state index contributed by atoms with van der Waals surface area (Å²) in [7, 11) is -0.861. The number of methoxy groups -OCH3 is 2. The number of carbonyl (C=O) groups excluding carboxylic acids is 1. The van der Waals surface area contributed by atoms with E-state index in [4.69, 9.17) is 25.8 Å². The van der Waals surface area contributed by atoms with Crippen LogP contribution in [0.5, 0.6) is 17.2 Å². The first-order valence-electron chi connectivity index (χ1n) is 9.44. The molecule has 0 fully saturated rings. The van der Waals surface area contributed by atoms with Gasteiger partial charge in [0, 0.05) is 22.3 Å². The Morgan fingerprint density at radius 2 is 1.61 bits per heavy atom. The maximum atomic E-state index is 12.5. The molecule has 0 saturated heterocycles. The van der Waals surface area contributed by atoms with Crippen molar-refractivity contribution in [2.24, 2.45) is 0 Å². The molecule has 8 nitrogen and oxygen atoms in total. The van der Waals surface area contributed by atoms with Crippen LogP contribution >= 0.6 is 27.5 Å². The molecule has 174 valence electrons. The van der Waals surface area contributed by atoms with Crippen molar-refractivity contribution in [1.29, 1.82) is 0 Å². The predicted molar refractivity (Wildman–Crippen MR) is 130 cm³/mol.